The molecule has 0 aliphatic rings. The number of aromatic nitrogens is 2. The van der Waals surface area contributed by atoms with Gasteiger partial charge in [-0.1, -0.05) is 22.0 Å². The molecule has 76 valence electrons. The summed E-state index contributed by atoms with van der Waals surface area (Å²) in [5, 5.41) is 0. The molecule has 0 unspecified atom stereocenters. The van der Waals surface area contributed by atoms with Crippen LogP contribution in [0.3, 0.4) is 0 Å². The van der Waals surface area contributed by atoms with Gasteiger partial charge in [0.15, 0.2) is 0 Å². The number of nitrogens with zero attached hydrogens (tertiary/aromatic N) is 2. The Bertz CT molecular complexity index is 459. The minimum atomic E-state index is 0.360. The van der Waals surface area contributed by atoms with E-state index in [1.807, 2.05) is 25.1 Å². The molecule has 3 nitrogen and oxygen atoms in total. The minimum absolute atomic E-state index is 0.360. The topological polar surface area (TPSA) is 35.0 Å². The van der Waals surface area contributed by atoms with E-state index >= 15 is 0 Å². The van der Waals surface area contributed by atoms with Crippen molar-refractivity contribution in [3.8, 4) is 11.8 Å². The number of rotatable bonds is 2. The summed E-state index contributed by atoms with van der Waals surface area (Å²) in [6.07, 6.45) is 3.30. The fraction of sp³-hybridized carbons (Fsp3) is 0.0909. The highest BCUT2D eigenvalue weighted by molar-refractivity contribution is 9.10. The number of hydrogen-bond donors (Lipinski definition) is 0. The summed E-state index contributed by atoms with van der Waals surface area (Å²) < 4.78 is 6.51. The van der Waals surface area contributed by atoms with Gasteiger partial charge in [-0.05, 0) is 30.7 Å². The zero-order chi connectivity index (χ0) is 10.7. The maximum absolute atomic E-state index is 5.54. The van der Waals surface area contributed by atoms with Gasteiger partial charge in [-0.25, -0.2) is 9.97 Å². The van der Waals surface area contributed by atoms with Crippen molar-refractivity contribution in [3.63, 3.8) is 0 Å². The maximum atomic E-state index is 5.54. The van der Waals surface area contributed by atoms with E-state index in [4.69, 9.17) is 4.74 Å². The van der Waals surface area contributed by atoms with Crippen molar-refractivity contribution >= 4 is 15.9 Å². The van der Waals surface area contributed by atoms with Gasteiger partial charge >= 0.3 is 6.01 Å². The Morgan fingerprint density at radius 2 is 1.93 bits per heavy atom. The van der Waals surface area contributed by atoms with Crippen molar-refractivity contribution in [3.05, 3.63) is 46.7 Å². The van der Waals surface area contributed by atoms with Gasteiger partial charge in [-0.2, -0.15) is 0 Å². The summed E-state index contributed by atoms with van der Waals surface area (Å²) in [6, 6.07) is 7.95. The smallest absolute Gasteiger partial charge is 0.321 e. The predicted octanol–water partition coefficient (Wildman–Crippen LogP) is 3.34. The zero-order valence-electron chi connectivity index (χ0n) is 8.14. The highest BCUT2D eigenvalue weighted by Gasteiger charge is 2.03. The molecular weight excluding hydrogens is 256 g/mol. The number of ether oxygens (including phenoxy) is 1. The van der Waals surface area contributed by atoms with E-state index in [-0.39, 0.29) is 0 Å². The first-order valence-corrected chi connectivity index (χ1v) is 5.26. The Hall–Kier alpha value is -1.42. The minimum Gasteiger partial charge on any atom is -0.424 e. The summed E-state index contributed by atoms with van der Waals surface area (Å²) in [7, 11) is 0. The summed E-state index contributed by atoms with van der Waals surface area (Å²) in [5.74, 6) is 0.760. The first-order chi connectivity index (χ1) is 7.25. The van der Waals surface area contributed by atoms with Crippen molar-refractivity contribution in [1.82, 2.24) is 9.97 Å². The van der Waals surface area contributed by atoms with Gasteiger partial charge in [0, 0.05) is 16.9 Å². The van der Waals surface area contributed by atoms with Crippen LogP contribution in [0.1, 0.15) is 5.56 Å². The Labute approximate surface area is 96.3 Å². The third-order valence-corrected chi connectivity index (χ3v) is 2.39. The van der Waals surface area contributed by atoms with Crippen molar-refractivity contribution in [2.75, 3.05) is 0 Å². The van der Waals surface area contributed by atoms with E-state index in [1.165, 1.54) is 0 Å². The lowest BCUT2D eigenvalue weighted by molar-refractivity contribution is 0.438. The highest BCUT2D eigenvalue weighted by atomic mass is 79.9. The molecule has 15 heavy (non-hydrogen) atoms. The van der Waals surface area contributed by atoms with E-state index in [0.717, 1.165) is 15.8 Å². The average molecular weight is 265 g/mol. The van der Waals surface area contributed by atoms with Gasteiger partial charge in [0.25, 0.3) is 0 Å². The molecule has 0 atom stereocenters. The second kappa shape index (κ2) is 4.40. The SMILES string of the molecule is Cc1ccc(Br)cc1Oc1ncccn1. The lowest BCUT2D eigenvalue weighted by Crippen LogP contribution is -1.92. The molecule has 0 aliphatic heterocycles. The third kappa shape index (κ3) is 2.53. The summed E-state index contributed by atoms with van der Waals surface area (Å²) in [4.78, 5) is 7.99. The molecule has 1 aromatic heterocycles. The van der Waals surface area contributed by atoms with Crippen LogP contribution in [0.5, 0.6) is 11.8 Å². The van der Waals surface area contributed by atoms with Crippen molar-refractivity contribution in [1.29, 1.82) is 0 Å². The van der Waals surface area contributed by atoms with Gasteiger partial charge in [0.1, 0.15) is 5.75 Å². The van der Waals surface area contributed by atoms with Crippen LogP contribution in [0.4, 0.5) is 0 Å². The van der Waals surface area contributed by atoms with Crippen LogP contribution in [0.2, 0.25) is 0 Å². The molecule has 0 amide bonds. The second-order valence-corrected chi connectivity index (χ2v) is 3.96. The molecule has 1 aromatic carbocycles. The van der Waals surface area contributed by atoms with Gasteiger partial charge in [0.05, 0.1) is 0 Å². The first kappa shape index (κ1) is 10.1. The molecule has 4 heteroatoms. The molecule has 0 aliphatic carbocycles. The summed E-state index contributed by atoms with van der Waals surface area (Å²) in [6.45, 7) is 1.98. The van der Waals surface area contributed by atoms with Crippen molar-refractivity contribution in [2.45, 2.75) is 6.92 Å². The second-order valence-electron chi connectivity index (χ2n) is 3.04. The normalized spacial score (nSPS) is 10.0. The van der Waals surface area contributed by atoms with E-state index in [0.29, 0.717) is 6.01 Å². The molecule has 2 rings (SSSR count). The van der Waals surface area contributed by atoms with Crippen LogP contribution in [0.25, 0.3) is 0 Å². The molecule has 1 heterocycles. The van der Waals surface area contributed by atoms with E-state index in [2.05, 4.69) is 25.9 Å². The van der Waals surface area contributed by atoms with Crippen LogP contribution in [-0.4, -0.2) is 9.97 Å². The number of halogens is 1. The van der Waals surface area contributed by atoms with E-state index in [9.17, 15) is 0 Å². The summed E-state index contributed by atoms with van der Waals surface area (Å²) >= 11 is 3.39. The van der Waals surface area contributed by atoms with Gasteiger partial charge in [0.2, 0.25) is 0 Å². The van der Waals surface area contributed by atoms with Crippen LogP contribution in [0, 0.1) is 6.92 Å². The lowest BCUT2D eigenvalue weighted by atomic mass is 10.2. The zero-order valence-corrected chi connectivity index (χ0v) is 9.73. The third-order valence-electron chi connectivity index (χ3n) is 1.89. The number of benzene rings is 1. The largest absolute Gasteiger partial charge is 0.424 e. The summed E-state index contributed by atoms with van der Waals surface area (Å²) in [5.41, 5.74) is 1.05. The van der Waals surface area contributed by atoms with Gasteiger partial charge < -0.3 is 4.74 Å². The van der Waals surface area contributed by atoms with Crippen LogP contribution in [-0.2, 0) is 0 Å². The van der Waals surface area contributed by atoms with Crippen molar-refractivity contribution in [2.24, 2.45) is 0 Å². The highest BCUT2D eigenvalue weighted by Crippen LogP contribution is 2.25. The molecule has 2 aromatic rings. The molecule has 0 fully saturated rings. The predicted molar refractivity (Wildman–Crippen MR) is 61.0 cm³/mol. The number of hydrogen-bond acceptors (Lipinski definition) is 3. The van der Waals surface area contributed by atoms with Crippen molar-refractivity contribution < 1.29 is 4.74 Å². The van der Waals surface area contributed by atoms with E-state index < -0.39 is 0 Å². The van der Waals surface area contributed by atoms with Crippen LogP contribution in [0.15, 0.2) is 41.1 Å². The van der Waals surface area contributed by atoms with Gasteiger partial charge in [-0.3, -0.25) is 0 Å². The lowest BCUT2D eigenvalue weighted by Gasteiger charge is -2.06. The van der Waals surface area contributed by atoms with Gasteiger partial charge in [-0.15, -0.1) is 0 Å². The monoisotopic (exact) mass is 264 g/mol. The molecule has 0 spiro atoms. The number of aryl methyl sites for hydroxylation is 1. The Balaban J connectivity index is 2.28. The first-order valence-electron chi connectivity index (χ1n) is 4.47. The molecule has 0 N–H and O–H groups in total. The Morgan fingerprint density at radius 3 is 2.67 bits per heavy atom. The Kier molecular flexibility index (Phi) is 2.97. The van der Waals surface area contributed by atoms with E-state index in [1.54, 1.807) is 18.5 Å². The van der Waals surface area contributed by atoms with Crippen LogP contribution >= 0.6 is 15.9 Å². The quantitative estimate of drug-likeness (QED) is 0.835. The standard InChI is InChI=1S/C11H9BrN2O/c1-8-3-4-9(12)7-10(8)15-11-13-5-2-6-14-11/h2-7H,1H3. The molecule has 0 saturated carbocycles. The molecule has 0 radical (unpaired) electrons. The molecule has 0 bridgehead atoms. The maximum Gasteiger partial charge on any atom is 0.321 e. The fourth-order valence-corrected chi connectivity index (χ4v) is 1.46. The molecule has 0 saturated heterocycles. The fourth-order valence-electron chi connectivity index (χ4n) is 1.12. The van der Waals surface area contributed by atoms with Crippen LogP contribution < -0.4 is 4.74 Å². The molecular formula is C11H9BrN2O. The average Bonchev–Trinajstić information content (AvgIpc) is 2.25. The Morgan fingerprint density at radius 1 is 1.20 bits per heavy atom.